The highest BCUT2D eigenvalue weighted by molar-refractivity contribution is 5.72. The van der Waals surface area contributed by atoms with E-state index in [0.29, 0.717) is 4.68 Å². The van der Waals surface area contributed by atoms with Gasteiger partial charge in [-0.1, -0.05) is 5.21 Å². The van der Waals surface area contributed by atoms with Crippen LogP contribution in [-0.4, -0.2) is 26.3 Å². The molecule has 0 atom stereocenters. The first-order valence-corrected chi connectivity index (χ1v) is 4.44. The summed E-state index contributed by atoms with van der Waals surface area (Å²) in [5.41, 5.74) is -1.35. The summed E-state index contributed by atoms with van der Waals surface area (Å²) in [6.07, 6.45) is -4.48. The Morgan fingerprint density at radius 2 is 2.18 bits per heavy atom. The predicted molar refractivity (Wildman–Crippen MR) is 48.0 cm³/mol. The van der Waals surface area contributed by atoms with Crippen LogP contribution in [0.25, 0.3) is 11.0 Å². The average Bonchev–Trinajstić information content (AvgIpc) is 2.59. The fraction of sp³-hybridized carbons (Fsp3) is 0.375. The van der Waals surface area contributed by atoms with Gasteiger partial charge in [-0.3, -0.25) is 0 Å². The maximum absolute atomic E-state index is 12.2. The lowest BCUT2D eigenvalue weighted by Gasteiger charge is -2.06. The topological polar surface area (TPSA) is 81.2 Å². The highest BCUT2D eigenvalue weighted by Crippen LogP contribution is 2.19. The van der Waals surface area contributed by atoms with Crippen molar-refractivity contribution in [1.29, 1.82) is 0 Å². The Bertz CT molecular complexity index is 601. The lowest BCUT2D eigenvalue weighted by molar-refractivity contribution is -0.142. The van der Waals surface area contributed by atoms with Crippen molar-refractivity contribution in [2.45, 2.75) is 19.3 Å². The van der Waals surface area contributed by atoms with Gasteiger partial charge in [-0.05, 0) is 0 Å². The second-order valence-electron chi connectivity index (χ2n) is 3.25. The number of fused-ring (bicyclic) bond motifs is 1. The molecule has 2 rings (SSSR count). The van der Waals surface area contributed by atoms with Crippen molar-refractivity contribution in [3.63, 3.8) is 0 Å². The van der Waals surface area contributed by atoms with Crippen molar-refractivity contribution in [3.8, 4) is 0 Å². The zero-order valence-corrected chi connectivity index (χ0v) is 8.23. The summed E-state index contributed by atoms with van der Waals surface area (Å²) >= 11 is 0. The first kappa shape index (κ1) is 11.6. The number of aliphatic hydroxyl groups excluding tert-OH is 1. The molecule has 2 heterocycles. The van der Waals surface area contributed by atoms with Crippen LogP contribution in [0.5, 0.6) is 0 Å². The minimum absolute atomic E-state index is 0.123. The predicted octanol–water partition coefficient (Wildman–Crippen LogP) is 0.439. The Balaban J connectivity index is 2.59. The quantitative estimate of drug-likeness (QED) is 0.835. The maximum atomic E-state index is 12.2. The van der Waals surface area contributed by atoms with Crippen molar-refractivity contribution >= 4 is 11.0 Å². The molecule has 0 aliphatic rings. The van der Waals surface area contributed by atoms with Crippen LogP contribution in [0.2, 0.25) is 0 Å². The Morgan fingerprint density at radius 3 is 2.76 bits per heavy atom. The smallest absolute Gasteiger partial charge is 0.408 e. The average molecular weight is 249 g/mol. The van der Waals surface area contributed by atoms with Gasteiger partial charge in [0, 0.05) is 6.07 Å². The molecule has 2 aromatic rings. The third-order valence-electron chi connectivity index (χ3n) is 1.97. The number of aromatic nitrogens is 3. The van der Waals surface area contributed by atoms with Crippen molar-refractivity contribution in [3.05, 3.63) is 22.2 Å². The molecule has 1 N–H and O–H groups in total. The van der Waals surface area contributed by atoms with Gasteiger partial charge < -0.3 is 9.52 Å². The maximum Gasteiger partial charge on any atom is 0.408 e. The normalized spacial score (nSPS) is 12.2. The van der Waals surface area contributed by atoms with Crippen LogP contribution in [0.15, 0.2) is 15.3 Å². The summed E-state index contributed by atoms with van der Waals surface area (Å²) < 4.78 is 41.7. The van der Waals surface area contributed by atoms with Crippen molar-refractivity contribution in [2.75, 3.05) is 0 Å². The third-order valence-corrected chi connectivity index (χ3v) is 1.97. The minimum atomic E-state index is -4.48. The van der Waals surface area contributed by atoms with Crippen LogP contribution in [0, 0.1) is 0 Å². The van der Waals surface area contributed by atoms with E-state index in [1.807, 2.05) is 0 Å². The monoisotopic (exact) mass is 249 g/mol. The van der Waals surface area contributed by atoms with Crippen LogP contribution < -0.4 is 5.63 Å². The van der Waals surface area contributed by atoms with Crippen LogP contribution in [0.1, 0.15) is 5.76 Å². The second-order valence-corrected chi connectivity index (χ2v) is 3.25. The van der Waals surface area contributed by atoms with E-state index in [9.17, 15) is 18.0 Å². The number of hydrogen-bond acceptors (Lipinski definition) is 5. The molecule has 0 spiro atoms. The van der Waals surface area contributed by atoms with E-state index in [1.165, 1.54) is 0 Å². The van der Waals surface area contributed by atoms with Gasteiger partial charge in [0.25, 0.3) is 0 Å². The first-order chi connectivity index (χ1) is 7.90. The summed E-state index contributed by atoms with van der Waals surface area (Å²) in [6.45, 7) is -1.96. The Kier molecular flexibility index (Phi) is 2.62. The van der Waals surface area contributed by atoms with Gasteiger partial charge in [0.1, 0.15) is 24.4 Å². The SMILES string of the molecule is O=c1oc(CO)cc2c1nnn2CC(F)(F)F. The molecular weight excluding hydrogens is 243 g/mol. The van der Waals surface area contributed by atoms with Crippen molar-refractivity contribution in [1.82, 2.24) is 15.0 Å². The standard InChI is InChI=1S/C8H6F3N3O3/c9-8(10,11)3-14-5-1-4(2-15)17-7(16)6(5)12-13-14/h1,15H,2-3H2. The third kappa shape index (κ3) is 2.28. The number of nitrogens with zero attached hydrogens (tertiary/aromatic N) is 3. The van der Waals surface area contributed by atoms with Gasteiger partial charge in [0.2, 0.25) is 0 Å². The van der Waals surface area contributed by atoms with Gasteiger partial charge in [0.05, 0.1) is 0 Å². The fourth-order valence-corrected chi connectivity index (χ4v) is 1.32. The molecule has 0 saturated heterocycles. The molecular formula is C8H6F3N3O3. The molecule has 0 aliphatic carbocycles. The Morgan fingerprint density at radius 1 is 1.47 bits per heavy atom. The van der Waals surface area contributed by atoms with E-state index in [2.05, 4.69) is 14.7 Å². The van der Waals surface area contributed by atoms with E-state index in [1.54, 1.807) is 0 Å². The van der Waals surface area contributed by atoms with E-state index < -0.39 is 25.0 Å². The highest BCUT2D eigenvalue weighted by atomic mass is 19.4. The number of alkyl halides is 3. The fourth-order valence-electron chi connectivity index (χ4n) is 1.32. The van der Waals surface area contributed by atoms with Gasteiger partial charge >= 0.3 is 11.8 Å². The van der Waals surface area contributed by atoms with Crippen LogP contribution in [0.3, 0.4) is 0 Å². The molecule has 0 fully saturated rings. The van der Waals surface area contributed by atoms with Gasteiger partial charge in [-0.2, -0.15) is 13.2 Å². The summed E-state index contributed by atoms with van der Waals surface area (Å²) in [6, 6.07) is 1.10. The van der Waals surface area contributed by atoms with Crippen molar-refractivity contribution in [2.24, 2.45) is 0 Å². The molecule has 92 valence electrons. The molecule has 0 aromatic carbocycles. The lowest BCUT2D eigenvalue weighted by Crippen LogP contribution is -2.18. The molecule has 9 heteroatoms. The highest BCUT2D eigenvalue weighted by Gasteiger charge is 2.30. The first-order valence-electron chi connectivity index (χ1n) is 4.44. The zero-order valence-electron chi connectivity index (χ0n) is 8.23. The van der Waals surface area contributed by atoms with Crippen LogP contribution in [0.4, 0.5) is 13.2 Å². The molecule has 0 unspecified atom stereocenters. The van der Waals surface area contributed by atoms with Crippen LogP contribution >= 0.6 is 0 Å². The number of halogens is 3. The molecule has 17 heavy (non-hydrogen) atoms. The van der Waals surface area contributed by atoms with E-state index >= 15 is 0 Å². The number of aliphatic hydroxyl groups is 1. The molecule has 6 nitrogen and oxygen atoms in total. The number of rotatable bonds is 2. The van der Waals surface area contributed by atoms with E-state index in [-0.39, 0.29) is 16.8 Å². The van der Waals surface area contributed by atoms with E-state index in [0.717, 1.165) is 6.07 Å². The molecule has 0 amide bonds. The second kappa shape index (κ2) is 3.84. The van der Waals surface area contributed by atoms with E-state index in [4.69, 9.17) is 5.11 Å². The van der Waals surface area contributed by atoms with Gasteiger partial charge in [-0.15, -0.1) is 5.10 Å². The molecule has 0 aliphatic heterocycles. The largest absolute Gasteiger partial charge is 0.424 e. The number of hydrogen-bond donors (Lipinski definition) is 1. The van der Waals surface area contributed by atoms with Gasteiger partial charge in [-0.25, -0.2) is 9.48 Å². The molecule has 0 bridgehead atoms. The van der Waals surface area contributed by atoms with Crippen LogP contribution in [-0.2, 0) is 13.2 Å². The lowest BCUT2D eigenvalue weighted by atomic mass is 10.3. The molecule has 0 saturated carbocycles. The summed E-state index contributed by atoms with van der Waals surface area (Å²) in [4.78, 5) is 11.3. The molecule has 0 radical (unpaired) electrons. The minimum Gasteiger partial charge on any atom is -0.424 e. The Hall–Kier alpha value is -1.90. The summed E-state index contributed by atoms with van der Waals surface area (Å²) in [7, 11) is 0. The molecule has 2 aromatic heterocycles. The van der Waals surface area contributed by atoms with Crippen molar-refractivity contribution < 1.29 is 22.7 Å². The van der Waals surface area contributed by atoms with Gasteiger partial charge in [0.15, 0.2) is 5.52 Å². The Labute approximate surface area is 91.3 Å². The summed E-state index contributed by atoms with van der Waals surface area (Å²) in [5, 5.41) is 15.3. The zero-order chi connectivity index (χ0) is 12.6. The summed E-state index contributed by atoms with van der Waals surface area (Å²) in [5.74, 6) is -0.145.